The Labute approximate surface area is 183 Å². The Bertz CT molecular complexity index is 873. The topological polar surface area (TPSA) is 32.3 Å². The number of hydrogen-bond acceptors (Lipinski definition) is 2. The highest BCUT2D eigenvalue weighted by Gasteiger charge is 2.31. The summed E-state index contributed by atoms with van der Waals surface area (Å²) in [6, 6.07) is 13.4. The van der Waals surface area contributed by atoms with E-state index < -0.39 is 0 Å². The van der Waals surface area contributed by atoms with Crippen LogP contribution >= 0.6 is 0 Å². The molecule has 30 heavy (non-hydrogen) atoms. The second-order valence-corrected chi connectivity index (χ2v) is 11.0. The summed E-state index contributed by atoms with van der Waals surface area (Å²) in [6.07, 6.45) is 5.51. The predicted molar refractivity (Wildman–Crippen MR) is 128 cm³/mol. The first kappa shape index (κ1) is 22.8. The first-order chi connectivity index (χ1) is 14.1. The molecule has 3 heteroatoms. The second kappa shape index (κ2) is 9.09. The van der Waals surface area contributed by atoms with E-state index in [1.54, 1.807) is 0 Å². The molecule has 0 radical (unpaired) electrons. The minimum absolute atomic E-state index is 0.0510. The predicted octanol–water partition coefficient (Wildman–Crippen LogP) is 5.84. The first-order valence-corrected chi connectivity index (χ1v) is 11.6. The number of likely N-dealkylation sites (tertiary alicyclic amines) is 1. The maximum absolute atomic E-state index is 12.7. The number of carbonyl (C=O) groups is 1. The van der Waals surface area contributed by atoms with Crippen molar-refractivity contribution < 1.29 is 4.79 Å². The maximum atomic E-state index is 12.7. The van der Waals surface area contributed by atoms with Crippen LogP contribution < -0.4 is 5.32 Å². The summed E-state index contributed by atoms with van der Waals surface area (Å²) in [7, 11) is 0. The number of fused-ring (bicyclic) bond motifs is 1. The number of nitrogens with zero attached hydrogens (tertiary/aromatic N) is 1. The standard InChI is InChI=1S/C27H40N2O/c1-26(2,3)24-21(17-16-20-12-7-8-14-22(20)24)13-9-10-18-29-19-11-15-23(29)25(30)28-27(4,5)6/h7-8,12,14,16-17,23H,9-11,13,15,18-19H2,1-6H3,(H,28,30). The average Bonchev–Trinajstić information content (AvgIpc) is 3.11. The van der Waals surface area contributed by atoms with E-state index in [1.165, 1.54) is 21.9 Å². The van der Waals surface area contributed by atoms with Gasteiger partial charge in [-0.25, -0.2) is 0 Å². The number of unbranched alkanes of at least 4 members (excludes halogenated alkanes) is 1. The summed E-state index contributed by atoms with van der Waals surface area (Å²) in [4.78, 5) is 15.0. The van der Waals surface area contributed by atoms with E-state index in [-0.39, 0.29) is 22.9 Å². The monoisotopic (exact) mass is 408 g/mol. The first-order valence-electron chi connectivity index (χ1n) is 11.6. The minimum atomic E-state index is -0.162. The van der Waals surface area contributed by atoms with E-state index in [0.29, 0.717) is 0 Å². The maximum Gasteiger partial charge on any atom is 0.237 e. The molecule has 1 saturated heterocycles. The van der Waals surface area contributed by atoms with Crippen LogP contribution in [0.15, 0.2) is 36.4 Å². The summed E-state index contributed by atoms with van der Waals surface area (Å²) < 4.78 is 0. The van der Waals surface area contributed by atoms with Crippen LogP contribution in [0.2, 0.25) is 0 Å². The quantitative estimate of drug-likeness (QED) is 0.609. The molecule has 0 spiro atoms. The van der Waals surface area contributed by atoms with E-state index in [4.69, 9.17) is 0 Å². The molecule has 0 saturated carbocycles. The lowest BCUT2D eigenvalue weighted by Gasteiger charge is -2.28. The van der Waals surface area contributed by atoms with Crippen molar-refractivity contribution in [3.05, 3.63) is 47.5 Å². The molecule has 3 rings (SSSR count). The molecule has 1 amide bonds. The van der Waals surface area contributed by atoms with Gasteiger partial charge in [-0.05, 0) is 93.3 Å². The van der Waals surface area contributed by atoms with Gasteiger partial charge >= 0.3 is 0 Å². The van der Waals surface area contributed by atoms with Crippen molar-refractivity contribution in [2.75, 3.05) is 13.1 Å². The molecule has 0 aliphatic carbocycles. The van der Waals surface area contributed by atoms with Crippen molar-refractivity contribution in [2.24, 2.45) is 0 Å². The van der Waals surface area contributed by atoms with E-state index in [0.717, 1.165) is 45.2 Å². The molecule has 1 aliphatic rings. The average molecular weight is 409 g/mol. The fourth-order valence-corrected chi connectivity index (χ4v) is 4.88. The molecule has 0 aromatic heterocycles. The number of rotatable bonds is 6. The van der Waals surface area contributed by atoms with Gasteiger partial charge in [-0.2, -0.15) is 0 Å². The van der Waals surface area contributed by atoms with E-state index in [2.05, 4.69) is 88.2 Å². The van der Waals surface area contributed by atoms with Gasteiger partial charge in [0, 0.05) is 5.54 Å². The molecule has 3 nitrogen and oxygen atoms in total. The summed E-state index contributed by atoms with van der Waals surface area (Å²) in [5.74, 6) is 0.199. The molecule has 1 aliphatic heterocycles. The molecule has 1 N–H and O–H groups in total. The van der Waals surface area contributed by atoms with Gasteiger partial charge in [-0.1, -0.05) is 57.2 Å². The third kappa shape index (κ3) is 5.63. The third-order valence-corrected chi connectivity index (χ3v) is 6.07. The zero-order chi connectivity index (χ0) is 21.9. The highest BCUT2D eigenvalue weighted by Crippen LogP contribution is 2.34. The number of benzene rings is 2. The summed E-state index contributed by atoms with van der Waals surface area (Å²) in [6.45, 7) is 15.2. The van der Waals surface area contributed by atoms with Crippen molar-refractivity contribution >= 4 is 16.7 Å². The van der Waals surface area contributed by atoms with Crippen molar-refractivity contribution in [2.45, 2.75) is 90.6 Å². The van der Waals surface area contributed by atoms with Gasteiger partial charge in [0.2, 0.25) is 5.91 Å². The van der Waals surface area contributed by atoms with Crippen LogP contribution in [0.5, 0.6) is 0 Å². The molecule has 164 valence electrons. The van der Waals surface area contributed by atoms with Crippen molar-refractivity contribution in [3.63, 3.8) is 0 Å². The Morgan fingerprint density at radius 1 is 1.03 bits per heavy atom. The Kier molecular flexibility index (Phi) is 6.91. The van der Waals surface area contributed by atoms with Crippen LogP contribution in [0.4, 0.5) is 0 Å². The van der Waals surface area contributed by atoms with Crippen molar-refractivity contribution in [1.29, 1.82) is 0 Å². The van der Waals surface area contributed by atoms with E-state index in [9.17, 15) is 4.79 Å². The lowest BCUT2D eigenvalue weighted by molar-refractivity contribution is -0.126. The number of carbonyl (C=O) groups excluding carboxylic acids is 1. The smallest absolute Gasteiger partial charge is 0.237 e. The molecule has 2 aromatic carbocycles. The summed E-state index contributed by atoms with van der Waals surface area (Å²) >= 11 is 0. The van der Waals surface area contributed by atoms with Crippen LogP contribution in [0.3, 0.4) is 0 Å². The Balaban J connectivity index is 1.62. The molecule has 1 fully saturated rings. The van der Waals surface area contributed by atoms with Gasteiger partial charge in [0.15, 0.2) is 0 Å². The van der Waals surface area contributed by atoms with Crippen LogP contribution in [-0.4, -0.2) is 35.5 Å². The Morgan fingerprint density at radius 3 is 2.47 bits per heavy atom. The highest BCUT2D eigenvalue weighted by atomic mass is 16.2. The normalized spacial score (nSPS) is 18.1. The number of hydrogen-bond donors (Lipinski definition) is 1. The van der Waals surface area contributed by atoms with Gasteiger partial charge in [0.25, 0.3) is 0 Å². The molecule has 2 aromatic rings. The van der Waals surface area contributed by atoms with Gasteiger partial charge in [-0.3, -0.25) is 9.69 Å². The lowest BCUT2D eigenvalue weighted by Crippen LogP contribution is -2.50. The van der Waals surface area contributed by atoms with Gasteiger partial charge in [0.1, 0.15) is 0 Å². The Hall–Kier alpha value is -1.87. The van der Waals surface area contributed by atoms with Crippen LogP contribution in [0, 0.1) is 0 Å². The fraction of sp³-hybridized carbons (Fsp3) is 0.593. The van der Waals surface area contributed by atoms with Crippen LogP contribution in [0.1, 0.15) is 78.4 Å². The highest BCUT2D eigenvalue weighted by molar-refractivity contribution is 5.87. The SMILES string of the molecule is CC(C)(C)NC(=O)C1CCCN1CCCCc1ccc2ccccc2c1C(C)(C)C. The number of nitrogens with one attached hydrogen (secondary N) is 1. The molecule has 0 bridgehead atoms. The van der Waals surface area contributed by atoms with E-state index in [1.807, 2.05) is 0 Å². The van der Waals surface area contributed by atoms with E-state index >= 15 is 0 Å². The second-order valence-electron chi connectivity index (χ2n) is 11.0. The number of amides is 1. The molecular weight excluding hydrogens is 368 g/mol. The van der Waals surface area contributed by atoms with Gasteiger partial charge in [0.05, 0.1) is 6.04 Å². The van der Waals surface area contributed by atoms with Gasteiger partial charge < -0.3 is 5.32 Å². The number of aryl methyl sites for hydroxylation is 1. The lowest BCUT2D eigenvalue weighted by atomic mass is 9.79. The molecule has 1 unspecified atom stereocenters. The zero-order valence-corrected chi connectivity index (χ0v) is 19.8. The van der Waals surface area contributed by atoms with Crippen molar-refractivity contribution in [1.82, 2.24) is 10.2 Å². The molecule has 1 heterocycles. The van der Waals surface area contributed by atoms with Crippen molar-refractivity contribution in [3.8, 4) is 0 Å². The largest absolute Gasteiger partial charge is 0.350 e. The molecule has 1 atom stereocenters. The van der Waals surface area contributed by atoms with Crippen LogP contribution in [0.25, 0.3) is 10.8 Å². The minimum Gasteiger partial charge on any atom is -0.350 e. The Morgan fingerprint density at radius 2 is 1.77 bits per heavy atom. The van der Waals surface area contributed by atoms with Crippen LogP contribution in [-0.2, 0) is 16.6 Å². The summed E-state index contributed by atoms with van der Waals surface area (Å²) in [5.41, 5.74) is 2.93. The van der Waals surface area contributed by atoms with Gasteiger partial charge in [-0.15, -0.1) is 0 Å². The third-order valence-electron chi connectivity index (χ3n) is 6.07. The summed E-state index contributed by atoms with van der Waals surface area (Å²) in [5, 5.41) is 5.89. The fourth-order valence-electron chi connectivity index (χ4n) is 4.88. The zero-order valence-electron chi connectivity index (χ0n) is 19.8. The molecular formula is C27H40N2O.